The zero-order valence-corrected chi connectivity index (χ0v) is 16.8. The second kappa shape index (κ2) is 10.3. The summed E-state index contributed by atoms with van der Waals surface area (Å²) in [5.41, 5.74) is 3.32. The molecule has 4 heteroatoms. The van der Waals surface area contributed by atoms with Gasteiger partial charge in [0.05, 0.1) is 0 Å². The standard InChI is InChI=1S/C23H28N2OS/c1-2-27-19-21-10-12-22(13-11-21)23(26)25-17-15-24(16-18-25)14-6-9-20-7-4-3-5-8-20/h3-13H,2,14-19H2,1H3. The highest BCUT2D eigenvalue weighted by Gasteiger charge is 2.21. The highest BCUT2D eigenvalue weighted by atomic mass is 32.2. The number of hydrogen-bond acceptors (Lipinski definition) is 3. The third-order valence-electron chi connectivity index (χ3n) is 4.81. The lowest BCUT2D eigenvalue weighted by Crippen LogP contribution is -2.48. The number of benzene rings is 2. The van der Waals surface area contributed by atoms with Crippen LogP contribution in [0.15, 0.2) is 60.7 Å². The Morgan fingerprint density at radius 3 is 2.37 bits per heavy atom. The highest BCUT2D eigenvalue weighted by molar-refractivity contribution is 7.98. The second-order valence-electron chi connectivity index (χ2n) is 6.74. The number of piperazine rings is 1. The van der Waals surface area contributed by atoms with Crippen molar-refractivity contribution in [1.29, 1.82) is 0 Å². The van der Waals surface area contributed by atoms with E-state index in [0.29, 0.717) is 0 Å². The first kappa shape index (κ1) is 19.7. The summed E-state index contributed by atoms with van der Waals surface area (Å²) in [6, 6.07) is 18.5. The number of hydrogen-bond donors (Lipinski definition) is 0. The lowest BCUT2D eigenvalue weighted by molar-refractivity contribution is 0.0650. The van der Waals surface area contributed by atoms with Crippen LogP contribution >= 0.6 is 11.8 Å². The van der Waals surface area contributed by atoms with Crippen molar-refractivity contribution in [3.05, 3.63) is 77.4 Å². The van der Waals surface area contributed by atoms with Gasteiger partial charge in [-0.25, -0.2) is 0 Å². The largest absolute Gasteiger partial charge is 0.336 e. The van der Waals surface area contributed by atoms with Gasteiger partial charge in [-0.2, -0.15) is 11.8 Å². The Balaban J connectivity index is 1.45. The van der Waals surface area contributed by atoms with Crippen molar-refractivity contribution in [3.8, 4) is 0 Å². The van der Waals surface area contributed by atoms with E-state index in [0.717, 1.165) is 49.8 Å². The minimum absolute atomic E-state index is 0.157. The van der Waals surface area contributed by atoms with Crippen LogP contribution in [0.3, 0.4) is 0 Å². The molecule has 1 amide bonds. The number of carbonyl (C=O) groups excluding carboxylic acids is 1. The van der Waals surface area contributed by atoms with Crippen LogP contribution in [0, 0.1) is 0 Å². The van der Waals surface area contributed by atoms with Crippen LogP contribution in [-0.4, -0.2) is 54.2 Å². The molecule has 0 saturated carbocycles. The van der Waals surface area contributed by atoms with Gasteiger partial charge in [0, 0.05) is 44.0 Å². The monoisotopic (exact) mass is 380 g/mol. The van der Waals surface area contributed by atoms with E-state index in [4.69, 9.17) is 0 Å². The smallest absolute Gasteiger partial charge is 0.253 e. The molecular weight excluding hydrogens is 352 g/mol. The molecule has 142 valence electrons. The van der Waals surface area contributed by atoms with Gasteiger partial charge in [0.15, 0.2) is 0 Å². The minimum Gasteiger partial charge on any atom is -0.336 e. The molecule has 0 unspecified atom stereocenters. The first-order valence-electron chi connectivity index (χ1n) is 9.66. The van der Waals surface area contributed by atoms with Gasteiger partial charge in [0.25, 0.3) is 5.91 Å². The maximum absolute atomic E-state index is 12.7. The summed E-state index contributed by atoms with van der Waals surface area (Å²) in [5, 5.41) is 0. The molecule has 1 aliphatic rings. The lowest BCUT2D eigenvalue weighted by Gasteiger charge is -2.34. The summed E-state index contributed by atoms with van der Waals surface area (Å²) in [5.74, 6) is 2.29. The predicted molar refractivity (Wildman–Crippen MR) is 116 cm³/mol. The maximum Gasteiger partial charge on any atom is 0.253 e. The van der Waals surface area contributed by atoms with Gasteiger partial charge in [0.1, 0.15) is 0 Å². The van der Waals surface area contributed by atoms with Gasteiger partial charge in [-0.3, -0.25) is 9.69 Å². The van der Waals surface area contributed by atoms with Crippen LogP contribution in [0.2, 0.25) is 0 Å². The summed E-state index contributed by atoms with van der Waals surface area (Å²) in [6.45, 7) is 6.55. The van der Waals surface area contributed by atoms with E-state index in [1.165, 1.54) is 11.1 Å². The fraction of sp³-hybridized carbons (Fsp3) is 0.348. The molecular formula is C23H28N2OS. The Morgan fingerprint density at radius 1 is 1.00 bits per heavy atom. The van der Waals surface area contributed by atoms with E-state index in [1.54, 1.807) is 0 Å². The Labute approximate surface area is 167 Å². The van der Waals surface area contributed by atoms with Crippen molar-refractivity contribution >= 4 is 23.7 Å². The van der Waals surface area contributed by atoms with E-state index in [2.05, 4.69) is 60.4 Å². The number of carbonyl (C=O) groups is 1. The molecule has 0 aromatic heterocycles. The van der Waals surface area contributed by atoms with Crippen LogP contribution in [0.1, 0.15) is 28.4 Å². The normalized spacial score (nSPS) is 15.4. The molecule has 1 heterocycles. The van der Waals surface area contributed by atoms with Crippen LogP contribution in [0.4, 0.5) is 0 Å². The van der Waals surface area contributed by atoms with Gasteiger partial charge in [-0.1, -0.05) is 61.5 Å². The molecule has 0 spiro atoms. The van der Waals surface area contributed by atoms with Crippen LogP contribution in [0.5, 0.6) is 0 Å². The second-order valence-corrected chi connectivity index (χ2v) is 8.01. The van der Waals surface area contributed by atoms with Crippen molar-refractivity contribution in [3.63, 3.8) is 0 Å². The average molecular weight is 381 g/mol. The molecule has 27 heavy (non-hydrogen) atoms. The summed E-state index contributed by atoms with van der Waals surface area (Å²) in [4.78, 5) is 17.1. The predicted octanol–water partition coefficient (Wildman–Crippen LogP) is 4.41. The minimum atomic E-state index is 0.157. The first-order valence-corrected chi connectivity index (χ1v) is 10.8. The van der Waals surface area contributed by atoms with Gasteiger partial charge in [-0.15, -0.1) is 0 Å². The van der Waals surface area contributed by atoms with Gasteiger partial charge < -0.3 is 4.90 Å². The molecule has 3 nitrogen and oxygen atoms in total. The molecule has 1 aliphatic heterocycles. The van der Waals surface area contributed by atoms with Gasteiger partial charge >= 0.3 is 0 Å². The Hall–Kier alpha value is -2.04. The molecule has 0 atom stereocenters. The summed E-state index contributed by atoms with van der Waals surface area (Å²) >= 11 is 1.90. The first-order chi connectivity index (χ1) is 13.3. The van der Waals surface area contributed by atoms with Crippen molar-refractivity contribution in [1.82, 2.24) is 9.80 Å². The van der Waals surface area contributed by atoms with E-state index in [1.807, 2.05) is 34.9 Å². The van der Waals surface area contributed by atoms with Gasteiger partial charge in [-0.05, 0) is 29.0 Å². The van der Waals surface area contributed by atoms with E-state index in [-0.39, 0.29) is 5.91 Å². The molecule has 2 aromatic carbocycles. The third kappa shape index (κ3) is 5.98. The van der Waals surface area contributed by atoms with Crippen LogP contribution < -0.4 is 0 Å². The van der Waals surface area contributed by atoms with Gasteiger partial charge in [0.2, 0.25) is 0 Å². The van der Waals surface area contributed by atoms with Crippen molar-refractivity contribution < 1.29 is 4.79 Å². The summed E-state index contributed by atoms with van der Waals surface area (Å²) < 4.78 is 0. The average Bonchev–Trinajstić information content (AvgIpc) is 2.73. The van der Waals surface area contributed by atoms with Crippen LogP contribution in [0.25, 0.3) is 6.08 Å². The topological polar surface area (TPSA) is 23.6 Å². The molecule has 1 fully saturated rings. The molecule has 0 radical (unpaired) electrons. The number of amides is 1. The molecule has 0 N–H and O–H groups in total. The Morgan fingerprint density at radius 2 is 1.70 bits per heavy atom. The molecule has 3 rings (SSSR count). The molecule has 2 aromatic rings. The Kier molecular flexibility index (Phi) is 7.55. The summed E-state index contributed by atoms with van der Waals surface area (Å²) in [6.07, 6.45) is 4.37. The van der Waals surface area contributed by atoms with Crippen LogP contribution in [-0.2, 0) is 5.75 Å². The van der Waals surface area contributed by atoms with E-state index in [9.17, 15) is 4.79 Å². The molecule has 1 saturated heterocycles. The molecule has 0 aliphatic carbocycles. The highest BCUT2D eigenvalue weighted by Crippen LogP contribution is 2.15. The van der Waals surface area contributed by atoms with Crippen molar-refractivity contribution in [2.75, 3.05) is 38.5 Å². The fourth-order valence-corrected chi connectivity index (χ4v) is 3.81. The quantitative estimate of drug-likeness (QED) is 0.711. The molecule has 0 bridgehead atoms. The third-order valence-corrected chi connectivity index (χ3v) is 5.75. The number of nitrogens with zero attached hydrogens (tertiary/aromatic N) is 2. The fourth-order valence-electron chi connectivity index (χ4n) is 3.18. The van der Waals surface area contributed by atoms with Crippen molar-refractivity contribution in [2.45, 2.75) is 12.7 Å². The lowest BCUT2D eigenvalue weighted by atomic mass is 10.1. The zero-order valence-electron chi connectivity index (χ0n) is 16.0. The Bertz CT molecular complexity index is 735. The number of thioether (sulfide) groups is 1. The number of rotatable bonds is 7. The SMILES string of the molecule is CCSCc1ccc(C(=O)N2CCN(CC=Cc3ccccc3)CC2)cc1. The van der Waals surface area contributed by atoms with E-state index < -0.39 is 0 Å². The van der Waals surface area contributed by atoms with E-state index >= 15 is 0 Å². The van der Waals surface area contributed by atoms with Crippen molar-refractivity contribution in [2.24, 2.45) is 0 Å². The maximum atomic E-state index is 12.7. The zero-order chi connectivity index (χ0) is 18.9. The summed E-state index contributed by atoms with van der Waals surface area (Å²) in [7, 11) is 0.